The normalized spacial score (nSPS) is 14.1. The Labute approximate surface area is 107 Å². The van der Waals surface area contributed by atoms with E-state index in [1.165, 1.54) is 5.56 Å². The maximum atomic E-state index is 10.8. The second-order valence-corrected chi connectivity index (χ2v) is 4.46. The summed E-state index contributed by atoms with van der Waals surface area (Å²) >= 11 is 0. The van der Waals surface area contributed by atoms with Crippen LogP contribution in [0.4, 0.5) is 0 Å². The number of Topliss-reactive ketones (excluding diaryl/α,β-unsaturated/α-hetero) is 1. The topological polar surface area (TPSA) is 47.6 Å². The summed E-state index contributed by atoms with van der Waals surface area (Å²) in [4.78, 5) is 10.8. The molecule has 1 aromatic rings. The van der Waals surface area contributed by atoms with E-state index in [2.05, 4.69) is 5.32 Å². The van der Waals surface area contributed by atoms with Crippen molar-refractivity contribution in [2.24, 2.45) is 0 Å². The van der Waals surface area contributed by atoms with E-state index in [1.807, 2.05) is 18.2 Å². The molecule has 18 heavy (non-hydrogen) atoms. The summed E-state index contributed by atoms with van der Waals surface area (Å²) in [6.45, 7) is 4.23. The van der Waals surface area contributed by atoms with Crippen LogP contribution in [0.1, 0.15) is 18.9 Å². The fourth-order valence-corrected chi connectivity index (χ4v) is 1.86. The summed E-state index contributed by atoms with van der Waals surface area (Å²) < 4.78 is 11.2. The number of carbonyl (C=O) groups is 1. The van der Waals surface area contributed by atoms with Crippen LogP contribution < -0.4 is 14.8 Å². The number of ketones is 1. The number of rotatable bonds is 5. The molecule has 1 aliphatic rings. The van der Waals surface area contributed by atoms with Crippen LogP contribution in [-0.4, -0.2) is 32.1 Å². The van der Waals surface area contributed by atoms with Crippen LogP contribution in [-0.2, 0) is 11.2 Å². The Balaban J connectivity index is 1.89. The van der Waals surface area contributed by atoms with Gasteiger partial charge in [0.1, 0.15) is 5.78 Å². The molecule has 4 nitrogen and oxygen atoms in total. The minimum atomic E-state index is 0.161. The minimum Gasteiger partial charge on any atom is -0.490 e. The first kappa shape index (κ1) is 12.9. The predicted octanol–water partition coefficient (Wildman–Crippen LogP) is 1.57. The zero-order valence-electron chi connectivity index (χ0n) is 10.7. The van der Waals surface area contributed by atoms with Gasteiger partial charge < -0.3 is 14.8 Å². The van der Waals surface area contributed by atoms with Crippen molar-refractivity contribution in [3.05, 3.63) is 23.8 Å². The van der Waals surface area contributed by atoms with E-state index in [0.717, 1.165) is 30.9 Å². The summed E-state index contributed by atoms with van der Waals surface area (Å²) in [6.07, 6.45) is 1.80. The van der Waals surface area contributed by atoms with Gasteiger partial charge in [-0.15, -0.1) is 0 Å². The molecule has 0 radical (unpaired) electrons. The van der Waals surface area contributed by atoms with Crippen molar-refractivity contribution in [3.8, 4) is 11.5 Å². The van der Waals surface area contributed by atoms with Gasteiger partial charge in [-0.25, -0.2) is 0 Å². The molecule has 0 aromatic heterocycles. The van der Waals surface area contributed by atoms with E-state index < -0.39 is 0 Å². The number of nitrogens with one attached hydrogen (secondary N) is 1. The van der Waals surface area contributed by atoms with E-state index in [1.54, 1.807) is 6.92 Å². The van der Waals surface area contributed by atoms with Gasteiger partial charge in [-0.05, 0) is 37.6 Å². The van der Waals surface area contributed by atoms with Gasteiger partial charge in [0.05, 0.1) is 19.8 Å². The van der Waals surface area contributed by atoms with Crippen LogP contribution in [0.2, 0.25) is 0 Å². The first-order chi connectivity index (χ1) is 8.75. The molecule has 1 aromatic carbocycles. The van der Waals surface area contributed by atoms with Gasteiger partial charge in [-0.3, -0.25) is 4.79 Å². The van der Waals surface area contributed by atoms with E-state index in [4.69, 9.17) is 9.47 Å². The van der Waals surface area contributed by atoms with Crippen molar-refractivity contribution in [1.82, 2.24) is 5.32 Å². The second-order valence-electron chi connectivity index (χ2n) is 4.46. The number of hydrogen-bond donors (Lipinski definition) is 1. The number of benzene rings is 1. The molecule has 0 spiro atoms. The Hall–Kier alpha value is -1.55. The molecule has 0 bridgehead atoms. The van der Waals surface area contributed by atoms with Crippen molar-refractivity contribution in [3.63, 3.8) is 0 Å². The Kier molecular flexibility index (Phi) is 4.59. The van der Waals surface area contributed by atoms with E-state index >= 15 is 0 Å². The summed E-state index contributed by atoms with van der Waals surface area (Å²) in [6, 6.07) is 6.03. The molecule has 98 valence electrons. The summed E-state index contributed by atoms with van der Waals surface area (Å²) in [5, 5.41) is 3.10. The number of hydrogen-bond acceptors (Lipinski definition) is 4. The predicted molar refractivity (Wildman–Crippen MR) is 69.3 cm³/mol. The minimum absolute atomic E-state index is 0.161. The van der Waals surface area contributed by atoms with Crippen molar-refractivity contribution in [1.29, 1.82) is 0 Å². The molecule has 0 saturated heterocycles. The van der Waals surface area contributed by atoms with Crippen LogP contribution in [0.5, 0.6) is 11.5 Å². The van der Waals surface area contributed by atoms with Gasteiger partial charge in [0.2, 0.25) is 0 Å². The molecule has 0 atom stereocenters. The van der Waals surface area contributed by atoms with E-state index in [-0.39, 0.29) is 5.78 Å². The summed E-state index contributed by atoms with van der Waals surface area (Å²) in [5.41, 5.74) is 1.19. The van der Waals surface area contributed by atoms with Crippen LogP contribution in [0.15, 0.2) is 18.2 Å². The van der Waals surface area contributed by atoms with Gasteiger partial charge in [0.15, 0.2) is 11.5 Å². The number of fused-ring (bicyclic) bond motifs is 1. The molecule has 1 heterocycles. The maximum absolute atomic E-state index is 10.8. The average molecular weight is 249 g/mol. The van der Waals surface area contributed by atoms with Crippen molar-refractivity contribution >= 4 is 5.78 Å². The lowest BCUT2D eigenvalue weighted by Crippen LogP contribution is -2.23. The van der Waals surface area contributed by atoms with Crippen LogP contribution in [0.25, 0.3) is 0 Å². The highest BCUT2D eigenvalue weighted by atomic mass is 16.5. The van der Waals surface area contributed by atoms with E-state index in [9.17, 15) is 4.79 Å². The Morgan fingerprint density at radius 2 is 2.06 bits per heavy atom. The van der Waals surface area contributed by atoms with Crippen LogP contribution in [0, 0.1) is 0 Å². The quantitative estimate of drug-likeness (QED) is 0.805. The largest absolute Gasteiger partial charge is 0.490 e. The first-order valence-electron chi connectivity index (χ1n) is 6.34. The smallest absolute Gasteiger partial charge is 0.161 e. The average Bonchev–Trinajstić information content (AvgIpc) is 2.59. The third-order valence-corrected chi connectivity index (χ3v) is 2.78. The highest BCUT2D eigenvalue weighted by Gasteiger charge is 2.10. The van der Waals surface area contributed by atoms with Gasteiger partial charge in [-0.1, -0.05) is 6.07 Å². The van der Waals surface area contributed by atoms with Crippen LogP contribution >= 0.6 is 0 Å². The van der Waals surface area contributed by atoms with Gasteiger partial charge >= 0.3 is 0 Å². The highest BCUT2D eigenvalue weighted by molar-refractivity contribution is 5.77. The molecule has 0 amide bonds. The Morgan fingerprint density at radius 3 is 2.83 bits per heavy atom. The monoisotopic (exact) mass is 249 g/mol. The zero-order valence-corrected chi connectivity index (χ0v) is 10.7. The molecule has 0 aliphatic carbocycles. The van der Waals surface area contributed by atoms with Crippen molar-refractivity contribution in [2.75, 3.05) is 26.3 Å². The molecular formula is C14H19NO3. The molecule has 2 rings (SSSR count). The third kappa shape index (κ3) is 3.74. The standard InChI is InChI=1S/C14H19NO3/c1-11(16)10-15-6-5-12-3-4-13-14(9-12)18-8-2-7-17-13/h3-4,9,15H,2,5-8,10H2,1H3. The van der Waals surface area contributed by atoms with Gasteiger partial charge in [0, 0.05) is 6.42 Å². The molecule has 1 aliphatic heterocycles. The van der Waals surface area contributed by atoms with Crippen molar-refractivity contribution < 1.29 is 14.3 Å². The fourth-order valence-electron chi connectivity index (χ4n) is 1.86. The van der Waals surface area contributed by atoms with E-state index in [0.29, 0.717) is 19.8 Å². The lowest BCUT2D eigenvalue weighted by molar-refractivity contribution is -0.116. The first-order valence-corrected chi connectivity index (χ1v) is 6.34. The summed E-state index contributed by atoms with van der Waals surface area (Å²) in [5.74, 6) is 1.82. The molecule has 0 unspecified atom stereocenters. The van der Waals surface area contributed by atoms with Crippen LogP contribution in [0.3, 0.4) is 0 Å². The van der Waals surface area contributed by atoms with Gasteiger partial charge in [0.25, 0.3) is 0 Å². The second kappa shape index (κ2) is 6.40. The molecule has 4 heteroatoms. The third-order valence-electron chi connectivity index (χ3n) is 2.78. The van der Waals surface area contributed by atoms with Gasteiger partial charge in [-0.2, -0.15) is 0 Å². The summed E-state index contributed by atoms with van der Waals surface area (Å²) in [7, 11) is 0. The molecular weight excluding hydrogens is 230 g/mol. The lowest BCUT2D eigenvalue weighted by Gasteiger charge is -2.09. The number of carbonyl (C=O) groups excluding carboxylic acids is 1. The zero-order chi connectivity index (χ0) is 12.8. The molecule has 0 fully saturated rings. The molecule has 0 saturated carbocycles. The lowest BCUT2D eigenvalue weighted by atomic mass is 10.1. The fraction of sp³-hybridized carbons (Fsp3) is 0.500. The van der Waals surface area contributed by atoms with Crippen molar-refractivity contribution in [2.45, 2.75) is 19.8 Å². The highest BCUT2D eigenvalue weighted by Crippen LogP contribution is 2.30. The number of ether oxygens (including phenoxy) is 2. The molecule has 1 N–H and O–H groups in total. The Morgan fingerprint density at radius 1 is 1.28 bits per heavy atom. The SMILES string of the molecule is CC(=O)CNCCc1ccc2c(c1)OCCCO2. The Bertz CT molecular complexity index is 418. The maximum Gasteiger partial charge on any atom is 0.161 e.